The van der Waals surface area contributed by atoms with Gasteiger partial charge in [-0.2, -0.15) is 0 Å². The monoisotopic (exact) mass is 168 g/mol. The number of aromatic nitrogens is 3. The first kappa shape index (κ1) is 8.70. The number of rotatable bonds is 3. The fourth-order valence-electron chi connectivity index (χ4n) is 0.846. The summed E-state index contributed by atoms with van der Waals surface area (Å²) in [6.07, 6.45) is 2.25. The molecule has 0 saturated carbocycles. The van der Waals surface area contributed by atoms with Gasteiger partial charge >= 0.3 is 0 Å². The number of amides is 1. The van der Waals surface area contributed by atoms with E-state index < -0.39 is 0 Å². The van der Waals surface area contributed by atoms with Crippen LogP contribution in [-0.4, -0.2) is 27.9 Å². The Morgan fingerprint density at radius 1 is 1.75 bits per heavy atom. The number of nitrogens with zero attached hydrogens (tertiary/aromatic N) is 3. The summed E-state index contributed by atoms with van der Waals surface area (Å²) in [6.45, 7) is 2.45. The molecule has 5 heteroatoms. The maximum absolute atomic E-state index is 10.8. The quantitative estimate of drug-likeness (QED) is 0.675. The van der Waals surface area contributed by atoms with E-state index in [-0.39, 0.29) is 5.91 Å². The summed E-state index contributed by atoms with van der Waals surface area (Å²) in [7, 11) is 1.62. The maximum Gasteiger partial charge on any atom is 0.221 e. The van der Waals surface area contributed by atoms with Crippen LogP contribution < -0.4 is 5.32 Å². The van der Waals surface area contributed by atoms with E-state index in [9.17, 15) is 4.79 Å². The van der Waals surface area contributed by atoms with E-state index in [4.69, 9.17) is 0 Å². The molecule has 0 bridgehead atoms. The third-order valence-electron chi connectivity index (χ3n) is 1.50. The lowest BCUT2D eigenvalue weighted by molar-refractivity contribution is -0.120. The second-order valence-corrected chi connectivity index (χ2v) is 2.55. The third-order valence-corrected chi connectivity index (χ3v) is 1.50. The number of hydrogen-bond donors (Lipinski definition) is 1. The van der Waals surface area contributed by atoms with Crippen LogP contribution in [0.5, 0.6) is 0 Å². The van der Waals surface area contributed by atoms with Gasteiger partial charge in [0.05, 0.1) is 12.2 Å². The smallest absolute Gasteiger partial charge is 0.221 e. The fraction of sp³-hybridized carbons (Fsp3) is 0.571. The molecule has 1 aromatic heterocycles. The van der Waals surface area contributed by atoms with Crippen molar-refractivity contribution in [2.24, 2.45) is 0 Å². The first-order valence-electron chi connectivity index (χ1n) is 3.79. The van der Waals surface area contributed by atoms with Gasteiger partial charge in [-0.25, -0.2) is 0 Å². The molecular weight excluding hydrogens is 156 g/mol. The second kappa shape index (κ2) is 3.85. The van der Waals surface area contributed by atoms with Gasteiger partial charge in [0.2, 0.25) is 5.91 Å². The lowest BCUT2D eigenvalue weighted by Gasteiger charge is -1.98. The van der Waals surface area contributed by atoms with Crippen molar-refractivity contribution >= 4 is 5.91 Å². The highest BCUT2D eigenvalue weighted by Gasteiger charge is 1.99. The van der Waals surface area contributed by atoms with E-state index in [1.54, 1.807) is 11.7 Å². The zero-order chi connectivity index (χ0) is 8.97. The Morgan fingerprint density at radius 2 is 2.50 bits per heavy atom. The van der Waals surface area contributed by atoms with Crippen LogP contribution >= 0.6 is 0 Å². The lowest BCUT2D eigenvalue weighted by atomic mass is 10.4. The number of carbonyl (C=O) groups is 1. The molecule has 0 aromatic carbocycles. The van der Waals surface area contributed by atoms with Gasteiger partial charge < -0.3 is 5.32 Å². The number of aryl methyl sites for hydroxylation is 2. The Morgan fingerprint density at radius 3 is 3.00 bits per heavy atom. The van der Waals surface area contributed by atoms with Gasteiger partial charge in [-0.05, 0) is 6.92 Å². The van der Waals surface area contributed by atoms with Crippen molar-refractivity contribution in [1.29, 1.82) is 0 Å². The van der Waals surface area contributed by atoms with Crippen LogP contribution in [0.25, 0.3) is 0 Å². The van der Waals surface area contributed by atoms with Crippen molar-refractivity contribution in [3.63, 3.8) is 0 Å². The summed E-state index contributed by atoms with van der Waals surface area (Å²) in [6, 6.07) is 0. The van der Waals surface area contributed by atoms with Gasteiger partial charge in [0.25, 0.3) is 0 Å². The lowest BCUT2D eigenvalue weighted by Crippen LogP contribution is -2.19. The van der Waals surface area contributed by atoms with Crippen LogP contribution in [0.2, 0.25) is 0 Å². The van der Waals surface area contributed by atoms with E-state index in [1.165, 1.54) is 0 Å². The molecule has 12 heavy (non-hydrogen) atoms. The van der Waals surface area contributed by atoms with Crippen LogP contribution in [0.4, 0.5) is 0 Å². The Hall–Kier alpha value is -1.39. The highest BCUT2D eigenvalue weighted by molar-refractivity contribution is 5.75. The molecule has 66 valence electrons. The molecule has 1 amide bonds. The minimum atomic E-state index is 0.0168. The van der Waals surface area contributed by atoms with Crippen molar-refractivity contribution in [1.82, 2.24) is 20.3 Å². The predicted molar refractivity (Wildman–Crippen MR) is 43.4 cm³/mol. The SMILES string of the molecule is CNC(=O)CCn1cc(C)nn1. The zero-order valence-electron chi connectivity index (χ0n) is 7.24. The fourth-order valence-corrected chi connectivity index (χ4v) is 0.846. The average Bonchev–Trinajstić information content (AvgIpc) is 2.47. The van der Waals surface area contributed by atoms with E-state index in [0.29, 0.717) is 13.0 Å². The molecule has 1 aromatic rings. The Bertz CT molecular complexity index is 268. The van der Waals surface area contributed by atoms with Crippen LogP contribution in [0.3, 0.4) is 0 Å². The van der Waals surface area contributed by atoms with Crippen molar-refractivity contribution in [3.05, 3.63) is 11.9 Å². The molecule has 0 spiro atoms. The zero-order valence-corrected chi connectivity index (χ0v) is 7.24. The predicted octanol–water partition coefficient (Wildman–Crippen LogP) is -0.277. The summed E-state index contributed by atoms with van der Waals surface area (Å²) in [4.78, 5) is 10.8. The molecular formula is C7H12N4O. The molecule has 0 aliphatic heterocycles. The summed E-state index contributed by atoms with van der Waals surface area (Å²) < 4.78 is 1.66. The molecule has 1 heterocycles. The molecule has 0 fully saturated rings. The Kier molecular flexibility index (Phi) is 2.79. The molecule has 1 rings (SSSR count). The standard InChI is InChI=1S/C7H12N4O/c1-6-5-11(10-9-6)4-3-7(12)8-2/h5H,3-4H2,1-2H3,(H,8,12). The molecule has 1 N–H and O–H groups in total. The summed E-state index contributed by atoms with van der Waals surface area (Å²) >= 11 is 0. The molecule has 0 aliphatic carbocycles. The average molecular weight is 168 g/mol. The summed E-state index contributed by atoms with van der Waals surface area (Å²) in [5.74, 6) is 0.0168. The second-order valence-electron chi connectivity index (χ2n) is 2.55. The van der Waals surface area contributed by atoms with Gasteiger partial charge in [0, 0.05) is 19.7 Å². The topological polar surface area (TPSA) is 59.8 Å². The molecule has 0 radical (unpaired) electrons. The third kappa shape index (κ3) is 2.34. The van der Waals surface area contributed by atoms with Crippen LogP contribution in [-0.2, 0) is 11.3 Å². The molecule has 5 nitrogen and oxygen atoms in total. The number of carbonyl (C=O) groups excluding carboxylic acids is 1. The minimum absolute atomic E-state index is 0.0168. The molecule has 0 unspecified atom stereocenters. The number of nitrogens with one attached hydrogen (secondary N) is 1. The maximum atomic E-state index is 10.8. The Labute approximate surface area is 70.8 Å². The van der Waals surface area contributed by atoms with Gasteiger partial charge in [-0.3, -0.25) is 9.48 Å². The largest absolute Gasteiger partial charge is 0.359 e. The first-order valence-corrected chi connectivity index (χ1v) is 3.79. The van der Waals surface area contributed by atoms with Crippen molar-refractivity contribution < 1.29 is 4.79 Å². The highest BCUT2D eigenvalue weighted by Crippen LogP contribution is 1.91. The first-order chi connectivity index (χ1) is 5.72. The van der Waals surface area contributed by atoms with E-state index in [1.807, 2.05) is 13.1 Å². The van der Waals surface area contributed by atoms with Gasteiger partial charge in [-0.1, -0.05) is 5.21 Å². The van der Waals surface area contributed by atoms with Crippen LogP contribution in [0.15, 0.2) is 6.20 Å². The van der Waals surface area contributed by atoms with Gasteiger partial charge in [-0.15, -0.1) is 5.10 Å². The van der Waals surface area contributed by atoms with E-state index in [0.717, 1.165) is 5.69 Å². The molecule has 0 atom stereocenters. The van der Waals surface area contributed by atoms with Gasteiger partial charge in [0.15, 0.2) is 0 Å². The number of hydrogen-bond acceptors (Lipinski definition) is 3. The van der Waals surface area contributed by atoms with Crippen LogP contribution in [0.1, 0.15) is 12.1 Å². The van der Waals surface area contributed by atoms with Crippen molar-refractivity contribution in [3.8, 4) is 0 Å². The normalized spacial score (nSPS) is 9.83. The van der Waals surface area contributed by atoms with E-state index in [2.05, 4.69) is 15.6 Å². The minimum Gasteiger partial charge on any atom is -0.359 e. The molecule has 0 saturated heterocycles. The highest BCUT2D eigenvalue weighted by atomic mass is 16.1. The Balaban J connectivity index is 2.38. The van der Waals surface area contributed by atoms with Gasteiger partial charge in [0.1, 0.15) is 0 Å². The summed E-state index contributed by atoms with van der Waals surface area (Å²) in [5, 5.41) is 10.2. The van der Waals surface area contributed by atoms with E-state index >= 15 is 0 Å². The van der Waals surface area contributed by atoms with Crippen molar-refractivity contribution in [2.45, 2.75) is 19.9 Å². The molecule has 0 aliphatic rings. The summed E-state index contributed by atoms with van der Waals surface area (Å²) in [5.41, 5.74) is 0.868. The van der Waals surface area contributed by atoms with Crippen molar-refractivity contribution in [2.75, 3.05) is 7.05 Å². The van der Waals surface area contributed by atoms with Crippen LogP contribution in [0, 0.1) is 6.92 Å².